The van der Waals surface area contributed by atoms with Crippen molar-refractivity contribution in [2.24, 2.45) is 11.7 Å². The number of benzene rings is 1. The summed E-state index contributed by atoms with van der Waals surface area (Å²) in [6, 6.07) is 5.12. The van der Waals surface area contributed by atoms with Crippen molar-refractivity contribution in [2.45, 2.75) is 19.4 Å². The molecule has 0 saturated carbocycles. The summed E-state index contributed by atoms with van der Waals surface area (Å²) in [6.45, 7) is 3.34. The number of halogens is 2. The smallest absolute Gasteiger partial charge is 0.322 e. The highest BCUT2D eigenvalue weighted by molar-refractivity contribution is 6.42. The van der Waals surface area contributed by atoms with Crippen molar-refractivity contribution in [1.29, 1.82) is 0 Å². The van der Waals surface area contributed by atoms with Crippen LogP contribution < -0.4 is 11.1 Å². The van der Waals surface area contributed by atoms with E-state index >= 15 is 0 Å². The largest absolute Gasteiger partial charge is 0.330 e. The highest BCUT2D eigenvalue weighted by Gasteiger charge is 2.31. The third-order valence-electron chi connectivity index (χ3n) is 3.43. The number of amides is 2. The maximum Gasteiger partial charge on any atom is 0.322 e. The van der Waals surface area contributed by atoms with Crippen LogP contribution in [0.2, 0.25) is 10.0 Å². The van der Waals surface area contributed by atoms with Crippen LogP contribution in [0.1, 0.15) is 13.3 Å². The van der Waals surface area contributed by atoms with Crippen LogP contribution in [0, 0.1) is 5.92 Å². The summed E-state index contributed by atoms with van der Waals surface area (Å²) in [5.41, 5.74) is 6.30. The maximum absolute atomic E-state index is 12.2. The number of hydrogen-bond acceptors (Lipinski definition) is 2. The average molecular weight is 302 g/mol. The van der Waals surface area contributed by atoms with Gasteiger partial charge in [0.15, 0.2) is 0 Å². The second-order valence-electron chi connectivity index (χ2n) is 4.90. The molecule has 6 heteroatoms. The molecule has 1 aliphatic heterocycles. The van der Waals surface area contributed by atoms with E-state index < -0.39 is 0 Å². The van der Waals surface area contributed by atoms with Gasteiger partial charge in [-0.15, -0.1) is 0 Å². The lowest BCUT2D eigenvalue weighted by atomic mass is 10.1. The van der Waals surface area contributed by atoms with Crippen LogP contribution in [0.5, 0.6) is 0 Å². The summed E-state index contributed by atoms with van der Waals surface area (Å²) < 4.78 is 0. The molecule has 0 aliphatic carbocycles. The Morgan fingerprint density at radius 3 is 2.79 bits per heavy atom. The quantitative estimate of drug-likeness (QED) is 0.881. The van der Waals surface area contributed by atoms with Crippen molar-refractivity contribution in [3.8, 4) is 0 Å². The molecule has 0 radical (unpaired) electrons. The lowest BCUT2D eigenvalue weighted by Crippen LogP contribution is -2.37. The molecule has 0 bridgehead atoms. The van der Waals surface area contributed by atoms with Gasteiger partial charge in [0.05, 0.1) is 10.0 Å². The van der Waals surface area contributed by atoms with Gasteiger partial charge in [-0.05, 0) is 44.0 Å². The fourth-order valence-electron chi connectivity index (χ4n) is 2.37. The van der Waals surface area contributed by atoms with Gasteiger partial charge in [-0.2, -0.15) is 0 Å². The van der Waals surface area contributed by atoms with Crippen LogP contribution in [0.25, 0.3) is 0 Å². The molecule has 1 fully saturated rings. The highest BCUT2D eigenvalue weighted by atomic mass is 35.5. The van der Waals surface area contributed by atoms with Crippen molar-refractivity contribution in [1.82, 2.24) is 4.90 Å². The van der Waals surface area contributed by atoms with Crippen molar-refractivity contribution in [2.75, 3.05) is 18.4 Å². The molecule has 3 N–H and O–H groups in total. The minimum Gasteiger partial charge on any atom is -0.330 e. The number of urea groups is 1. The Morgan fingerprint density at radius 2 is 2.21 bits per heavy atom. The predicted molar refractivity (Wildman–Crippen MR) is 78.8 cm³/mol. The summed E-state index contributed by atoms with van der Waals surface area (Å²) in [4.78, 5) is 14.0. The number of anilines is 1. The van der Waals surface area contributed by atoms with Crippen molar-refractivity contribution >= 4 is 34.9 Å². The van der Waals surface area contributed by atoms with Gasteiger partial charge >= 0.3 is 6.03 Å². The minimum atomic E-state index is -0.123. The van der Waals surface area contributed by atoms with Gasteiger partial charge in [0.2, 0.25) is 0 Å². The lowest BCUT2D eigenvalue weighted by molar-refractivity contribution is 0.209. The number of rotatable bonds is 2. The Kier molecular flexibility index (Phi) is 4.55. The number of likely N-dealkylation sites (tertiary alicyclic amines) is 1. The Hall–Kier alpha value is -0.970. The topological polar surface area (TPSA) is 58.4 Å². The molecular formula is C13H17Cl2N3O. The molecule has 2 unspecified atom stereocenters. The van der Waals surface area contributed by atoms with E-state index in [0.717, 1.165) is 6.42 Å². The first kappa shape index (κ1) is 14.4. The Morgan fingerprint density at radius 1 is 1.47 bits per heavy atom. The van der Waals surface area contributed by atoms with Crippen LogP contribution >= 0.6 is 23.2 Å². The standard InChI is InChI=1S/C13H17Cl2N3O/c1-8-4-9(6-16)7-18(8)13(19)17-10-2-3-11(14)12(15)5-10/h2-3,5,8-9H,4,6-7,16H2,1H3,(H,17,19). The molecule has 2 atom stereocenters. The highest BCUT2D eigenvalue weighted by Crippen LogP contribution is 2.26. The van der Waals surface area contributed by atoms with Gasteiger partial charge in [-0.1, -0.05) is 23.2 Å². The maximum atomic E-state index is 12.2. The van der Waals surface area contributed by atoms with Gasteiger partial charge < -0.3 is 16.0 Å². The van der Waals surface area contributed by atoms with E-state index in [1.54, 1.807) is 23.1 Å². The summed E-state index contributed by atoms with van der Waals surface area (Å²) in [7, 11) is 0. The minimum absolute atomic E-state index is 0.123. The molecule has 1 aromatic carbocycles. The summed E-state index contributed by atoms with van der Waals surface area (Å²) in [5, 5.41) is 3.72. The van der Waals surface area contributed by atoms with Crippen LogP contribution in [-0.2, 0) is 0 Å². The van der Waals surface area contributed by atoms with E-state index in [1.807, 2.05) is 6.92 Å². The fourth-order valence-corrected chi connectivity index (χ4v) is 2.66. The molecule has 1 aromatic rings. The second-order valence-corrected chi connectivity index (χ2v) is 5.71. The molecule has 0 spiro atoms. The Balaban J connectivity index is 2.03. The number of nitrogens with zero attached hydrogens (tertiary/aromatic N) is 1. The number of nitrogens with one attached hydrogen (secondary N) is 1. The third kappa shape index (κ3) is 3.32. The number of carbonyl (C=O) groups excluding carboxylic acids is 1. The number of nitrogens with two attached hydrogens (primary N) is 1. The third-order valence-corrected chi connectivity index (χ3v) is 4.17. The molecule has 104 valence electrons. The summed E-state index contributed by atoms with van der Waals surface area (Å²) >= 11 is 11.8. The van der Waals surface area contributed by atoms with Crippen LogP contribution in [0.4, 0.5) is 10.5 Å². The van der Waals surface area contributed by atoms with Crippen molar-refractivity contribution in [3.63, 3.8) is 0 Å². The zero-order valence-corrected chi connectivity index (χ0v) is 12.2. The van der Waals surface area contributed by atoms with Crippen LogP contribution in [-0.4, -0.2) is 30.1 Å². The van der Waals surface area contributed by atoms with Crippen molar-refractivity contribution in [3.05, 3.63) is 28.2 Å². The van der Waals surface area contributed by atoms with Gasteiger partial charge in [0.1, 0.15) is 0 Å². The van der Waals surface area contributed by atoms with E-state index in [4.69, 9.17) is 28.9 Å². The lowest BCUT2D eigenvalue weighted by Gasteiger charge is -2.22. The van der Waals surface area contributed by atoms with E-state index in [0.29, 0.717) is 34.7 Å². The number of hydrogen-bond donors (Lipinski definition) is 2. The van der Waals surface area contributed by atoms with Crippen molar-refractivity contribution < 1.29 is 4.79 Å². The first-order valence-corrected chi connectivity index (χ1v) is 6.99. The molecular weight excluding hydrogens is 285 g/mol. The van der Waals surface area contributed by atoms with Gasteiger partial charge in [0.25, 0.3) is 0 Å². The molecule has 0 aromatic heterocycles. The fraction of sp³-hybridized carbons (Fsp3) is 0.462. The Labute approximate surface area is 122 Å². The zero-order chi connectivity index (χ0) is 14.0. The average Bonchev–Trinajstić information content (AvgIpc) is 2.75. The molecule has 19 heavy (non-hydrogen) atoms. The molecule has 1 heterocycles. The van der Waals surface area contributed by atoms with E-state index in [-0.39, 0.29) is 12.1 Å². The van der Waals surface area contributed by atoms with E-state index in [1.165, 1.54) is 0 Å². The molecule has 2 rings (SSSR count). The monoisotopic (exact) mass is 301 g/mol. The zero-order valence-electron chi connectivity index (χ0n) is 10.7. The first-order valence-electron chi connectivity index (χ1n) is 6.24. The molecule has 4 nitrogen and oxygen atoms in total. The SMILES string of the molecule is CC1CC(CN)CN1C(=O)Nc1ccc(Cl)c(Cl)c1. The molecule has 2 amide bonds. The van der Waals surface area contributed by atoms with Crippen LogP contribution in [0.3, 0.4) is 0 Å². The van der Waals surface area contributed by atoms with Gasteiger partial charge in [-0.3, -0.25) is 0 Å². The van der Waals surface area contributed by atoms with Gasteiger partial charge in [0, 0.05) is 18.3 Å². The second kappa shape index (κ2) is 5.99. The Bertz CT molecular complexity index is 481. The van der Waals surface area contributed by atoms with Gasteiger partial charge in [-0.25, -0.2) is 4.79 Å². The normalized spacial score (nSPS) is 22.6. The first-order chi connectivity index (χ1) is 9.01. The number of carbonyl (C=O) groups is 1. The summed E-state index contributed by atoms with van der Waals surface area (Å²) in [6.07, 6.45) is 0.950. The van der Waals surface area contributed by atoms with E-state index in [2.05, 4.69) is 5.32 Å². The predicted octanol–water partition coefficient (Wildman–Crippen LogP) is 3.19. The molecule has 1 saturated heterocycles. The summed E-state index contributed by atoms with van der Waals surface area (Å²) in [5.74, 6) is 0.384. The molecule has 1 aliphatic rings. The van der Waals surface area contributed by atoms with E-state index in [9.17, 15) is 4.79 Å². The van der Waals surface area contributed by atoms with Crippen LogP contribution in [0.15, 0.2) is 18.2 Å².